The molecule has 2 aromatic carbocycles. The summed E-state index contributed by atoms with van der Waals surface area (Å²) in [6.45, 7) is 11.3. The van der Waals surface area contributed by atoms with Gasteiger partial charge in [-0.2, -0.15) is 0 Å². The highest BCUT2D eigenvalue weighted by Crippen LogP contribution is 2.43. The lowest BCUT2D eigenvalue weighted by Gasteiger charge is -2.37. The van der Waals surface area contributed by atoms with E-state index in [-0.39, 0.29) is 52.4 Å². The number of halogens is 2. The van der Waals surface area contributed by atoms with Crippen molar-refractivity contribution in [3.63, 3.8) is 0 Å². The predicted molar refractivity (Wildman–Crippen MR) is 191 cm³/mol. The van der Waals surface area contributed by atoms with Crippen molar-refractivity contribution in [1.82, 2.24) is 29.1 Å². The molecule has 6 heterocycles. The number of fused-ring (bicyclic) bond motifs is 1. The zero-order valence-corrected chi connectivity index (χ0v) is 29.0. The molecular weight excluding hydrogens is 658 g/mol. The molecule has 1 atom stereocenters. The Morgan fingerprint density at radius 3 is 2.10 bits per heavy atom. The molecule has 14 heteroatoms. The number of hydrogen-bond acceptors (Lipinski definition) is 10. The van der Waals surface area contributed by atoms with Crippen LogP contribution in [0.4, 0.5) is 20.2 Å². The molecule has 1 unspecified atom stereocenters. The first-order chi connectivity index (χ1) is 24.7. The number of rotatable bonds is 6. The van der Waals surface area contributed by atoms with Crippen molar-refractivity contribution < 1.29 is 17.9 Å². The van der Waals surface area contributed by atoms with Crippen LogP contribution in [-0.2, 0) is 0 Å². The third-order valence-corrected chi connectivity index (χ3v) is 11.0. The highest BCUT2D eigenvalue weighted by atomic mass is 19.1. The summed E-state index contributed by atoms with van der Waals surface area (Å²) >= 11 is 0. The zero-order valence-electron chi connectivity index (χ0n) is 29.0. The van der Waals surface area contributed by atoms with Crippen LogP contribution in [0.25, 0.3) is 44.7 Å². The Bertz CT molecular complexity index is 2320. The van der Waals surface area contributed by atoms with Crippen LogP contribution in [0.5, 0.6) is 5.75 Å². The van der Waals surface area contributed by atoms with Gasteiger partial charge in [0.1, 0.15) is 29.2 Å². The monoisotopic (exact) mass is 698 g/mol. The molecule has 3 aliphatic heterocycles. The fourth-order valence-electron chi connectivity index (χ4n) is 7.84. The Kier molecular flexibility index (Phi) is 7.65. The summed E-state index contributed by atoms with van der Waals surface area (Å²) in [6.07, 6.45) is 5.24. The summed E-state index contributed by atoms with van der Waals surface area (Å²) in [6, 6.07) is 4.38. The fraction of sp³-hybridized carbons (Fsp3) is 0.459. The molecule has 3 fully saturated rings. The molecular formula is C37H40F2N8O4. The maximum Gasteiger partial charge on any atom is 0.253 e. The summed E-state index contributed by atoms with van der Waals surface area (Å²) in [5.41, 5.74) is 1.36. The first-order valence-electron chi connectivity index (χ1n) is 17.9. The maximum absolute atomic E-state index is 15.9. The van der Waals surface area contributed by atoms with Gasteiger partial charge in [0.25, 0.3) is 11.8 Å². The Balaban J connectivity index is 1.12. The van der Waals surface area contributed by atoms with Crippen molar-refractivity contribution in [2.75, 3.05) is 82.4 Å². The molecule has 12 nitrogen and oxygen atoms in total. The van der Waals surface area contributed by atoms with Crippen LogP contribution >= 0.6 is 0 Å². The van der Waals surface area contributed by atoms with Gasteiger partial charge in [-0.05, 0) is 51.6 Å². The number of likely N-dealkylation sites (N-methyl/N-ethyl adjacent to an activating group) is 2. The molecule has 1 aliphatic carbocycles. The third kappa shape index (κ3) is 5.29. The number of anilines is 2. The van der Waals surface area contributed by atoms with Gasteiger partial charge in [-0.3, -0.25) is 9.59 Å². The largest absolute Gasteiger partial charge is 0.487 e. The minimum Gasteiger partial charge on any atom is -0.487 e. The smallest absolute Gasteiger partial charge is 0.253 e. The summed E-state index contributed by atoms with van der Waals surface area (Å²) in [5, 5.41) is 8.80. The first-order valence-corrected chi connectivity index (χ1v) is 17.9. The third-order valence-electron chi connectivity index (χ3n) is 11.0. The van der Waals surface area contributed by atoms with Crippen molar-refractivity contribution in [2.24, 2.45) is 0 Å². The first kappa shape index (κ1) is 32.1. The minimum absolute atomic E-state index is 0.0710. The molecule has 0 bridgehead atoms. The molecule has 1 saturated carbocycles. The molecule has 0 N–H and O–H groups in total. The lowest BCUT2D eigenvalue weighted by atomic mass is 10.1. The molecule has 0 spiro atoms. The van der Waals surface area contributed by atoms with Crippen LogP contribution in [0.2, 0.25) is 0 Å². The quantitative estimate of drug-likeness (QED) is 0.252. The SMILES string of the molecule is CCN1CCN(c2cc3c(cc2F)c(=O)c(-c2nnc(-c4cn5c6c(c(N7CCN(C)CC7)c(F)cc6c4=O)OCC5C)o2)cn3C2CC2)CC1. The van der Waals surface area contributed by atoms with E-state index >= 15 is 8.78 Å². The fourth-order valence-corrected chi connectivity index (χ4v) is 7.84. The van der Waals surface area contributed by atoms with E-state index in [1.165, 1.54) is 12.1 Å². The summed E-state index contributed by atoms with van der Waals surface area (Å²) in [5.74, 6) is -0.779. The van der Waals surface area contributed by atoms with Crippen LogP contribution in [0.15, 0.2) is 44.6 Å². The van der Waals surface area contributed by atoms with E-state index in [4.69, 9.17) is 9.15 Å². The average molecular weight is 699 g/mol. The van der Waals surface area contributed by atoms with Crippen LogP contribution in [0.3, 0.4) is 0 Å². The molecule has 3 aromatic heterocycles. The second kappa shape index (κ2) is 12.2. The Morgan fingerprint density at radius 2 is 1.43 bits per heavy atom. The average Bonchev–Trinajstić information content (AvgIpc) is 3.87. The van der Waals surface area contributed by atoms with Gasteiger partial charge in [0, 0.05) is 76.2 Å². The van der Waals surface area contributed by atoms with Crippen LogP contribution in [0.1, 0.15) is 38.8 Å². The van der Waals surface area contributed by atoms with Crippen LogP contribution in [0, 0.1) is 11.6 Å². The molecule has 9 rings (SSSR count). The van der Waals surface area contributed by atoms with Gasteiger partial charge in [0.05, 0.1) is 28.1 Å². The number of aromatic nitrogens is 4. The molecule has 0 amide bonds. The Labute approximate surface area is 292 Å². The van der Waals surface area contributed by atoms with Crippen molar-refractivity contribution >= 4 is 33.2 Å². The molecule has 5 aromatic rings. The van der Waals surface area contributed by atoms with E-state index in [0.29, 0.717) is 54.3 Å². The van der Waals surface area contributed by atoms with Gasteiger partial charge in [-0.25, -0.2) is 8.78 Å². The topological polar surface area (TPSA) is 105 Å². The predicted octanol–water partition coefficient (Wildman–Crippen LogP) is 4.49. The normalized spacial score (nSPS) is 20.1. The van der Waals surface area contributed by atoms with Crippen LogP contribution in [-0.4, -0.2) is 102 Å². The summed E-state index contributed by atoms with van der Waals surface area (Å²) in [7, 11) is 2.03. The van der Waals surface area contributed by atoms with Crippen molar-refractivity contribution in [3.8, 4) is 28.7 Å². The maximum atomic E-state index is 15.9. The molecule has 266 valence electrons. The van der Waals surface area contributed by atoms with E-state index in [9.17, 15) is 9.59 Å². The van der Waals surface area contributed by atoms with Gasteiger partial charge in [0.2, 0.25) is 10.9 Å². The lowest BCUT2D eigenvalue weighted by molar-refractivity contribution is 0.245. The van der Waals surface area contributed by atoms with Crippen molar-refractivity contribution in [2.45, 2.75) is 38.8 Å². The van der Waals surface area contributed by atoms with Gasteiger partial charge in [-0.1, -0.05) is 6.92 Å². The summed E-state index contributed by atoms with van der Waals surface area (Å²) in [4.78, 5) is 36.6. The van der Waals surface area contributed by atoms with Crippen LogP contribution < -0.4 is 25.4 Å². The number of pyridine rings is 2. The minimum atomic E-state index is -0.529. The molecule has 51 heavy (non-hydrogen) atoms. The lowest BCUT2D eigenvalue weighted by Crippen LogP contribution is -2.46. The summed E-state index contributed by atoms with van der Waals surface area (Å²) < 4.78 is 47.8. The number of nitrogens with zero attached hydrogens (tertiary/aromatic N) is 8. The van der Waals surface area contributed by atoms with E-state index in [1.54, 1.807) is 18.5 Å². The second-order valence-electron chi connectivity index (χ2n) is 14.3. The highest BCUT2D eigenvalue weighted by Gasteiger charge is 2.32. The molecule has 4 aliphatic rings. The van der Waals surface area contributed by atoms with Gasteiger partial charge < -0.3 is 37.9 Å². The van der Waals surface area contributed by atoms with Crippen molar-refractivity contribution in [1.29, 1.82) is 0 Å². The van der Waals surface area contributed by atoms with E-state index in [2.05, 4.69) is 26.9 Å². The standard InChI is InChI=1S/C37H40F2N8O4/c1-4-43-9-13-44(14-10-43)30-17-29-23(15-27(30)38)33(48)26(19-47(29)22-5-6-22)37-41-40-36(51-37)25-18-46-21(2)20-50-35-31(46)24(34(25)49)16-28(39)32(35)45-11-7-42(3)8-12-45/h15-19,21-22H,4-14,20H2,1-3H3. The van der Waals surface area contributed by atoms with Gasteiger partial charge >= 0.3 is 0 Å². The number of piperazine rings is 2. The highest BCUT2D eigenvalue weighted by molar-refractivity contribution is 5.94. The molecule has 2 saturated heterocycles. The van der Waals surface area contributed by atoms with E-state index in [0.717, 1.165) is 45.6 Å². The van der Waals surface area contributed by atoms with E-state index in [1.807, 2.05) is 32.9 Å². The van der Waals surface area contributed by atoms with Gasteiger partial charge in [0.15, 0.2) is 11.6 Å². The van der Waals surface area contributed by atoms with Crippen molar-refractivity contribution in [3.05, 3.63) is 62.7 Å². The number of ether oxygens (including phenoxy) is 1. The van der Waals surface area contributed by atoms with E-state index < -0.39 is 22.5 Å². The van der Waals surface area contributed by atoms with Gasteiger partial charge in [-0.15, -0.1) is 10.2 Å². The second-order valence-corrected chi connectivity index (χ2v) is 14.3. The molecule has 0 radical (unpaired) electrons. The zero-order chi connectivity index (χ0) is 35.1. The Hall–Kier alpha value is -4.82. The Morgan fingerprint density at radius 1 is 0.804 bits per heavy atom. The number of benzene rings is 2. The number of hydrogen-bond donors (Lipinski definition) is 0.